The fourth-order valence-electron chi connectivity index (χ4n) is 2.43. The van der Waals surface area contributed by atoms with Crippen molar-refractivity contribution in [3.8, 4) is 0 Å². The smallest absolute Gasteiger partial charge is 0.277 e. The van der Waals surface area contributed by atoms with Crippen molar-refractivity contribution in [2.24, 2.45) is 0 Å². The molecule has 1 N–H and O–H groups in total. The van der Waals surface area contributed by atoms with E-state index in [-0.39, 0.29) is 11.6 Å². The van der Waals surface area contributed by atoms with Gasteiger partial charge in [0.1, 0.15) is 11.9 Å². The maximum Gasteiger partial charge on any atom is 0.277 e. The number of amides is 1. The number of aromatic nitrogens is 1. The van der Waals surface area contributed by atoms with Gasteiger partial charge >= 0.3 is 0 Å². The van der Waals surface area contributed by atoms with Gasteiger partial charge in [-0.15, -0.1) is 0 Å². The van der Waals surface area contributed by atoms with Gasteiger partial charge in [0.25, 0.3) is 11.6 Å². The molecule has 0 spiro atoms. The number of nitro groups is 1. The van der Waals surface area contributed by atoms with Crippen LogP contribution in [-0.2, 0) is 9.53 Å². The minimum atomic E-state index is -0.472. The zero-order chi connectivity index (χ0) is 14.8. The van der Waals surface area contributed by atoms with Crippen molar-refractivity contribution in [2.45, 2.75) is 18.9 Å². The third-order valence-corrected chi connectivity index (χ3v) is 3.44. The molecule has 1 atom stereocenters. The van der Waals surface area contributed by atoms with Crippen LogP contribution >= 0.6 is 0 Å². The van der Waals surface area contributed by atoms with Crippen molar-refractivity contribution in [3.05, 3.63) is 40.6 Å². The van der Waals surface area contributed by atoms with Gasteiger partial charge in [-0.25, -0.2) is 4.98 Å². The second-order valence-electron chi connectivity index (χ2n) is 4.78. The maximum atomic E-state index is 12.1. The Balaban J connectivity index is 1.97. The average Bonchev–Trinajstić information content (AvgIpc) is 3.01. The Kier molecular flexibility index (Phi) is 3.49. The molecule has 1 fully saturated rings. The normalized spacial score (nSPS) is 17.8. The summed E-state index contributed by atoms with van der Waals surface area (Å²) in [5.41, 5.74) is -0.0116. The van der Waals surface area contributed by atoms with Gasteiger partial charge in [-0.2, -0.15) is 0 Å². The lowest BCUT2D eigenvalue weighted by atomic mass is 10.1. The van der Waals surface area contributed by atoms with Crippen molar-refractivity contribution in [3.63, 3.8) is 0 Å². The third kappa shape index (κ3) is 2.55. The highest BCUT2D eigenvalue weighted by atomic mass is 16.6. The van der Waals surface area contributed by atoms with Crippen LogP contribution in [0.25, 0.3) is 10.8 Å². The Bertz CT molecular complexity index is 710. The molecular formula is C14H13N3O4. The minimum absolute atomic E-state index is 0.0116. The monoisotopic (exact) mass is 287 g/mol. The molecule has 1 saturated heterocycles. The highest BCUT2D eigenvalue weighted by Gasteiger charge is 2.24. The van der Waals surface area contributed by atoms with E-state index in [1.54, 1.807) is 18.2 Å². The van der Waals surface area contributed by atoms with E-state index in [1.807, 2.05) is 0 Å². The van der Waals surface area contributed by atoms with Crippen LogP contribution in [0.15, 0.2) is 30.5 Å². The van der Waals surface area contributed by atoms with E-state index in [0.29, 0.717) is 29.6 Å². The Labute approximate surface area is 120 Å². The zero-order valence-corrected chi connectivity index (χ0v) is 11.1. The fraction of sp³-hybridized carbons (Fsp3) is 0.286. The van der Waals surface area contributed by atoms with Crippen LogP contribution in [-0.4, -0.2) is 28.5 Å². The number of ether oxygens (including phenoxy) is 1. The van der Waals surface area contributed by atoms with Crippen molar-refractivity contribution in [1.29, 1.82) is 0 Å². The predicted octanol–water partition coefficient (Wildman–Crippen LogP) is 2.26. The molecular weight excluding hydrogens is 274 g/mol. The van der Waals surface area contributed by atoms with Crippen LogP contribution in [0.4, 0.5) is 11.5 Å². The molecule has 0 saturated carbocycles. The number of non-ortho nitro benzene ring substituents is 1. The van der Waals surface area contributed by atoms with E-state index in [0.717, 1.165) is 6.42 Å². The van der Waals surface area contributed by atoms with E-state index in [1.165, 1.54) is 12.3 Å². The first-order valence-electron chi connectivity index (χ1n) is 6.61. The number of hydrogen-bond donors (Lipinski definition) is 1. The Morgan fingerprint density at radius 1 is 1.38 bits per heavy atom. The molecule has 0 unspecified atom stereocenters. The summed E-state index contributed by atoms with van der Waals surface area (Å²) in [6.45, 7) is 0.576. The molecule has 7 heteroatoms. The summed E-state index contributed by atoms with van der Waals surface area (Å²) in [6, 6.07) is 6.26. The third-order valence-electron chi connectivity index (χ3n) is 3.44. The number of carbonyl (C=O) groups is 1. The second kappa shape index (κ2) is 5.45. The van der Waals surface area contributed by atoms with E-state index >= 15 is 0 Å². The van der Waals surface area contributed by atoms with Crippen molar-refractivity contribution in [1.82, 2.24) is 4.98 Å². The van der Waals surface area contributed by atoms with Gasteiger partial charge in [0.05, 0.1) is 10.3 Å². The van der Waals surface area contributed by atoms with Crippen molar-refractivity contribution >= 4 is 28.2 Å². The van der Waals surface area contributed by atoms with Gasteiger partial charge < -0.3 is 10.1 Å². The van der Waals surface area contributed by atoms with Crippen LogP contribution < -0.4 is 5.32 Å². The largest absolute Gasteiger partial charge is 0.368 e. The lowest BCUT2D eigenvalue weighted by Gasteiger charge is -2.11. The highest BCUT2D eigenvalue weighted by Crippen LogP contribution is 2.29. The summed E-state index contributed by atoms with van der Waals surface area (Å²) in [5.74, 6) is 0.0516. The number of nitro benzene ring substituents is 1. The van der Waals surface area contributed by atoms with Gasteiger partial charge in [0.2, 0.25) is 0 Å². The summed E-state index contributed by atoms with van der Waals surface area (Å²) < 4.78 is 5.31. The van der Waals surface area contributed by atoms with E-state index in [9.17, 15) is 14.9 Å². The first-order valence-corrected chi connectivity index (χ1v) is 6.61. The number of rotatable bonds is 3. The quantitative estimate of drug-likeness (QED) is 0.690. The first-order chi connectivity index (χ1) is 10.2. The lowest BCUT2D eigenvalue weighted by Crippen LogP contribution is -2.27. The second-order valence-corrected chi connectivity index (χ2v) is 4.78. The average molecular weight is 287 g/mol. The first kappa shape index (κ1) is 13.4. The molecule has 1 aromatic carbocycles. The molecule has 1 aliphatic rings. The Morgan fingerprint density at radius 2 is 2.24 bits per heavy atom. The molecule has 21 heavy (non-hydrogen) atoms. The van der Waals surface area contributed by atoms with E-state index in [2.05, 4.69) is 10.3 Å². The molecule has 1 aliphatic heterocycles. The number of nitrogens with one attached hydrogen (secondary N) is 1. The number of carbonyl (C=O) groups excluding carboxylic acids is 1. The number of hydrogen-bond acceptors (Lipinski definition) is 5. The topological polar surface area (TPSA) is 94.4 Å². The molecule has 0 bridgehead atoms. The van der Waals surface area contributed by atoms with E-state index < -0.39 is 11.0 Å². The molecule has 3 rings (SSSR count). The Morgan fingerprint density at radius 3 is 2.95 bits per heavy atom. The summed E-state index contributed by atoms with van der Waals surface area (Å²) in [6.07, 6.45) is 2.50. The number of benzene rings is 1. The number of fused-ring (bicyclic) bond motifs is 1. The fourth-order valence-corrected chi connectivity index (χ4v) is 2.43. The van der Waals surface area contributed by atoms with Gasteiger partial charge in [-0.3, -0.25) is 14.9 Å². The standard InChI is InChI=1S/C14H13N3O4/c18-14(12-5-2-8-21-12)16-13-10-3-1-4-11(17(19)20)9(10)6-7-15-13/h1,3-4,6-7,12H,2,5,8H2,(H,15,16,18)/t12-/m1/s1. The number of pyridine rings is 1. The molecule has 1 amide bonds. The van der Waals surface area contributed by atoms with Crippen LogP contribution in [0, 0.1) is 10.1 Å². The highest BCUT2D eigenvalue weighted by molar-refractivity contribution is 6.04. The lowest BCUT2D eigenvalue weighted by molar-refractivity contribution is -0.383. The van der Waals surface area contributed by atoms with Gasteiger partial charge in [-0.1, -0.05) is 12.1 Å². The minimum Gasteiger partial charge on any atom is -0.368 e. The zero-order valence-electron chi connectivity index (χ0n) is 11.1. The van der Waals surface area contributed by atoms with Gasteiger partial charge in [0.15, 0.2) is 0 Å². The number of nitrogens with zero attached hydrogens (tertiary/aromatic N) is 2. The van der Waals surface area contributed by atoms with Crippen LogP contribution in [0.1, 0.15) is 12.8 Å². The summed E-state index contributed by atoms with van der Waals surface area (Å²) >= 11 is 0. The molecule has 0 radical (unpaired) electrons. The number of anilines is 1. The predicted molar refractivity (Wildman–Crippen MR) is 76.0 cm³/mol. The van der Waals surface area contributed by atoms with Crippen LogP contribution in [0.2, 0.25) is 0 Å². The summed E-state index contributed by atoms with van der Waals surface area (Å²) in [4.78, 5) is 26.8. The maximum absolute atomic E-state index is 12.1. The molecule has 0 aliphatic carbocycles. The van der Waals surface area contributed by atoms with Gasteiger partial charge in [-0.05, 0) is 18.9 Å². The molecule has 108 valence electrons. The molecule has 1 aromatic heterocycles. The van der Waals surface area contributed by atoms with Crippen molar-refractivity contribution in [2.75, 3.05) is 11.9 Å². The summed E-state index contributed by atoms with van der Waals surface area (Å²) in [5, 5.41) is 14.7. The SMILES string of the molecule is O=C(Nc1nccc2c([N+](=O)[O-])cccc12)[C@H]1CCCO1. The Hall–Kier alpha value is -2.54. The van der Waals surface area contributed by atoms with Crippen LogP contribution in [0.3, 0.4) is 0 Å². The van der Waals surface area contributed by atoms with Gasteiger partial charge in [0, 0.05) is 24.3 Å². The van der Waals surface area contributed by atoms with Crippen molar-refractivity contribution < 1.29 is 14.5 Å². The molecule has 2 aromatic rings. The molecule has 7 nitrogen and oxygen atoms in total. The summed E-state index contributed by atoms with van der Waals surface area (Å²) in [7, 11) is 0. The van der Waals surface area contributed by atoms with Crippen LogP contribution in [0.5, 0.6) is 0 Å². The molecule has 2 heterocycles. The van der Waals surface area contributed by atoms with E-state index in [4.69, 9.17) is 4.74 Å².